The number of halogens is 1. The highest BCUT2D eigenvalue weighted by Crippen LogP contribution is 2.38. The lowest BCUT2D eigenvalue weighted by molar-refractivity contribution is 0.0560. The first kappa shape index (κ1) is 24.5. The van der Waals surface area contributed by atoms with Crippen molar-refractivity contribution in [2.24, 2.45) is 0 Å². The van der Waals surface area contributed by atoms with Crippen molar-refractivity contribution in [1.82, 2.24) is 19.8 Å². The minimum absolute atomic E-state index is 0.0562. The molecular formula is C28H31ClN4O3. The molecule has 1 aromatic carbocycles. The molecule has 2 aliphatic rings. The second kappa shape index (κ2) is 10.4. The molecule has 1 aliphatic carbocycles. The van der Waals surface area contributed by atoms with Crippen LogP contribution >= 0.6 is 11.6 Å². The van der Waals surface area contributed by atoms with Gasteiger partial charge in [-0.3, -0.25) is 14.8 Å². The molecule has 0 N–H and O–H groups in total. The smallest absolute Gasteiger partial charge is 0.409 e. The van der Waals surface area contributed by atoms with Crippen molar-refractivity contribution in [3.8, 4) is 0 Å². The van der Waals surface area contributed by atoms with Crippen LogP contribution in [0, 0.1) is 6.92 Å². The van der Waals surface area contributed by atoms with E-state index in [2.05, 4.69) is 17.1 Å². The summed E-state index contributed by atoms with van der Waals surface area (Å²) in [6, 6.07) is 9.84. The molecule has 3 aromatic rings. The van der Waals surface area contributed by atoms with Gasteiger partial charge in [0.1, 0.15) is 0 Å². The van der Waals surface area contributed by atoms with Crippen LogP contribution in [-0.2, 0) is 17.6 Å². The fraction of sp³-hybridized carbons (Fsp3) is 0.429. The number of ether oxygens (including phenoxy) is 1. The third-order valence-corrected chi connectivity index (χ3v) is 7.61. The van der Waals surface area contributed by atoms with Gasteiger partial charge in [0, 0.05) is 54.7 Å². The van der Waals surface area contributed by atoms with Crippen molar-refractivity contribution in [1.29, 1.82) is 0 Å². The van der Waals surface area contributed by atoms with Crippen LogP contribution in [0.1, 0.15) is 58.6 Å². The molecule has 0 spiro atoms. The molecule has 0 bridgehead atoms. The fourth-order valence-corrected chi connectivity index (χ4v) is 5.55. The Hall–Kier alpha value is -3.19. The highest BCUT2D eigenvalue weighted by atomic mass is 35.5. The lowest BCUT2D eigenvalue weighted by Crippen LogP contribution is -2.50. The number of benzene rings is 1. The lowest BCUT2D eigenvalue weighted by Gasteiger charge is -2.34. The van der Waals surface area contributed by atoms with Crippen molar-refractivity contribution >= 4 is 34.5 Å². The summed E-state index contributed by atoms with van der Waals surface area (Å²) in [4.78, 5) is 38.1. The van der Waals surface area contributed by atoms with Crippen LogP contribution in [0.5, 0.6) is 0 Å². The van der Waals surface area contributed by atoms with E-state index in [-0.39, 0.29) is 12.0 Å². The average molecular weight is 507 g/mol. The van der Waals surface area contributed by atoms with Gasteiger partial charge in [-0.1, -0.05) is 24.6 Å². The third kappa shape index (κ3) is 4.89. The molecular weight excluding hydrogens is 476 g/mol. The van der Waals surface area contributed by atoms with Crippen molar-refractivity contribution in [2.45, 2.75) is 45.4 Å². The molecule has 7 nitrogen and oxygen atoms in total. The Morgan fingerprint density at radius 1 is 1.11 bits per heavy atom. The van der Waals surface area contributed by atoms with E-state index in [4.69, 9.17) is 21.3 Å². The number of hydrogen-bond donors (Lipinski definition) is 0. The van der Waals surface area contributed by atoms with Crippen LogP contribution in [0.25, 0.3) is 10.9 Å². The number of amides is 2. The number of aryl methyl sites for hydroxylation is 1. The monoisotopic (exact) mass is 506 g/mol. The van der Waals surface area contributed by atoms with Crippen LogP contribution in [0.3, 0.4) is 0 Å². The van der Waals surface area contributed by atoms with E-state index in [0.717, 1.165) is 58.6 Å². The Morgan fingerprint density at radius 2 is 1.89 bits per heavy atom. The Morgan fingerprint density at radius 3 is 2.64 bits per heavy atom. The zero-order valence-corrected chi connectivity index (χ0v) is 21.6. The summed E-state index contributed by atoms with van der Waals surface area (Å²) in [5, 5.41) is 1.63. The second-order valence-electron chi connectivity index (χ2n) is 9.65. The van der Waals surface area contributed by atoms with E-state index in [9.17, 15) is 9.59 Å². The molecule has 1 aliphatic heterocycles. The van der Waals surface area contributed by atoms with Gasteiger partial charge in [-0.05, 0) is 73.9 Å². The second-order valence-corrected chi connectivity index (χ2v) is 10.0. The molecule has 1 saturated heterocycles. The van der Waals surface area contributed by atoms with E-state index >= 15 is 0 Å². The van der Waals surface area contributed by atoms with E-state index in [1.165, 1.54) is 5.56 Å². The maximum atomic E-state index is 13.3. The number of carbonyl (C=O) groups excluding carboxylic acids is 2. The number of fused-ring (bicyclic) bond motifs is 2. The standard InChI is InChI=1S/C28H31ClN4O3/c1-3-14-36-28(35)33-12-10-32(11-13-33)27(34)21-5-7-23-25(17-21)31-24-16-19(4-6-22(24)26(23)29)20-8-9-30-18(2)15-20/h5,7-9,15,17,19H,3-4,6,10-14,16H2,1-2H3. The zero-order valence-electron chi connectivity index (χ0n) is 20.8. The summed E-state index contributed by atoms with van der Waals surface area (Å²) in [6.07, 6.45) is 5.08. The van der Waals surface area contributed by atoms with Gasteiger partial charge in [0.2, 0.25) is 0 Å². The number of hydrogen-bond acceptors (Lipinski definition) is 5. The number of pyridine rings is 2. The molecule has 3 heterocycles. The first-order chi connectivity index (χ1) is 17.4. The summed E-state index contributed by atoms with van der Waals surface area (Å²) in [5.74, 6) is 0.324. The normalized spacial score (nSPS) is 17.7. The summed E-state index contributed by atoms with van der Waals surface area (Å²) >= 11 is 6.85. The number of rotatable bonds is 4. The Kier molecular flexibility index (Phi) is 7.10. The van der Waals surface area contributed by atoms with E-state index in [1.807, 2.05) is 38.2 Å². The zero-order chi connectivity index (χ0) is 25.2. The summed E-state index contributed by atoms with van der Waals surface area (Å²) in [7, 11) is 0. The van der Waals surface area contributed by atoms with Gasteiger partial charge in [-0.25, -0.2) is 4.79 Å². The molecule has 5 rings (SSSR count). The Balaban J connectivity index is 1.34. The molecule has 2 amide bonds. The van der Waals surface area contributed by atoms with Crippen molar-refractivity contribution in [2.75, 3.05) is 32.8 Å². The summed E-state index contributed by atoms with van der Waals surface area (Å²) in [5.41, 5.74) is 5.78. The highest BCUT2D eigenvalue weighted by molar-refractivity contribution is 6.36. The van der Waals surface area contributed by atoms with Gasteiger partial charge in [0.05, 0.1) is 17.1 Å². The Bertz CT molecular complexity index is 1300. The summed E-state index contributed by atoms with van der Waals surface area (Å²) < 4.78 is 5.22. The molecule has 1 fully saturated rings. The largest absolute Gasteiger partial charge is 0.449 e. The van der Waals surface area contributed by atoms with E-state index in [0.29, 0.717) is 44.3 Å². The molecule has 188 valence electrons. The van der Waals surface area contributed by atoms with Gasteiger partial charge < -0.3 is 14.5 Å². The van der Waals surface area contributed by atoms with Gasteiger partial charge in [0.15, 0.2) is 0 Å². The number of piperazine rings is 1. The van der Waals surface area contributed by atoms with E-state index in [1.54, 1.807) is 9.80 Å². The highest BCUT2D eigenvalue weighted by Gasteiger charge is 2.27. The van der Waals surface area contributed by atoms with Crippen LogP contribution < -0.4 is 0 Å². The van der Waals surface area contributed by atoms with Crippen molar-refractivity contribution in [3.05, 3.63) is 69.6 Å². The average Bonchev–Trinajstić information content (AvgIpc) is 2.91. The molecule has 0 radical (unpaired) electrons. The minimum atomic E-state index is -0.307. The fourth-order valence-electron chi connectivity index (χ4n) is 5.18. The maximum Gasteiger partial charge on any atom is 0.409 e. The molecule has 36 heavy (non-hydrogen) atoms. The topological polar surface area (TPSA) is 75.6 Å². The number of aromatic nitrogens is 2. The predicted molar refractivity (Wildman–Crippen MR) is 140 cm³/mol. The molecule has 0 saturated carbocycles. The quantitative estimate of drug-likeness (QED) is 0.488. The minimum Gasteiger partial charge on any atom is -0.449 e. The van der Waals surface area contributed by atoms with Crippen molar-refractivity contribution < 1.29 is 14.3 Å². The van der Waals surface area contributed by atoms with Crippen LogP contribution in [-0.4, -0.2) is 64.6 Å². The van der Waals surface area contributed by atoms with Crippen LogP contribution in [0.4, 0.5) is 4.79 Å². The first-order valence-corrected chi connectivity index (χ1v) is 13.1. The number of nitrogens with zero attached hydrogens (tertiary/aromatic N) is 4. The molecule has 1 unspecified atom stereocenters. The maximum absolute atomic E-state index is 13.3. The third-order valence-electron chi connectivity index (χ3n) is 7.18. The molecule has 2 aromatic heterocycles. The van der Waals surface area contributed by atoms with Crippen LogP contribution in [0.15, 0.2) is 36.5 Å². The summed E-state index contributed by atoms with van der Waals surface area (Å²) in [6.45, 7) is 6.28. The molecule has 8 heteroatoms. The van der Waals surface area contributed by atoms with Gasteiger partial charge in [0.25, 0.3) is 5.91 Å². The predicted octanol–water partition coefficient (Wildman–Crippen LogP) is 5.17. The van der Waals surface area contributed by atoms with Crippen LogP contribution in [0.2, 0.25) is 5.02 Å². The van der Waals surface area contributed by atoms with Crippen molar-refractivity contribution in [3.63, 3.8) is 0 Å². The van der Waals surface area contributed by atoms with Gasteiger partial charge >= 0.3 is 6.09 Å². The lowest BCUT2D eigenvalue weighted by atomic mass is 9.82. The SMILES string of the molecule is CCCOC(=O)N1CCN(C(=O)c2ccc3c(Cl)c4c(nc3c2)CC(c2ccnc(C)c2)CC4)CC1. The first-order valence-electron chi connectivity index (χ1n) is 12.7. The Labute approximate surface area is 216 Å². The van der Waals surface area contributed by atoms with Gasteiger partial charge in [-0.2, -0.15) is 0 Å². The van der Waals surface area contributed by atoms with E-state index < -0.39 is 0 Å². The van der Waals surface area contributed by atoms with Gasteiger partial charge in [-0.15, -0.1) is 0 Å². The molecule has 1 atom stereocenters. The number of carbonyl (C=O) groups is 2.